The molecule has 0 bridgehead atoms. The van der Waals surface area contributed by atoms with Gasteiger partial charge in [-0.2, -0.15) is 10.4 Å². The maximum absolute atomic E-state index is 13.7. The van der Waals surface area contributed by atoms with Crippen molar-refractivity contribution in [2.24, 2.45) is 0 Å². The molecule has 1 aromatic heterocycles. The van der Waals surface area contributed by atoms with Gasteiger partial charge in [0.15, 0.2) is 23.2 Å². The molecule has 0 atom stereocenters. The molecular weight excluding hydrogens is 343 g/mol. The predicted molar refractivity (Wildman–Crippen MR) is 88.4 cm³/mol. The van der Waals surface area contributed by atoms with Crippen LogP contribution in [0.3, 0.4) is 0 Å². The van der Waals surface area contributed by atoms with Crippen LogP contribution in [0.1, 0.15) is 22.5 Å². The van der Waals surface area contributed by atoms with Gasteiger partial charge >= 0.3 is 0 Å². The van der Waals surface area contributed by atoms with Crippen LogP contribution in [-0.4, -0.2) is 9.78 Å². The summed E-state index contributed by atoms with van der Waals surface area (Å²) in [4.78, 5) is 0. The van der Waals surface area contributed by atoms with Crippen molar-refractivity contribution in [2.45, 2.75) is 20.5 Å². The van der Waals surface area contributed by atoms with Crippen molar-refractivity contribution < 1.29 is 17.9 Å². The summed E-state index contributed by atoms with van der Waals surface area (Å²) in [6, 6.07) is 10.1. The van der Waals surface area contributed by atoms with E-state index < -0.39 is 17.5 Å². The molecule has 3 rings (SSSR count). The Morgan fingerprint density at radius 2 is 1.69 bits per heavy atom. The zero-order valence-electron chi connectivity index (χ0n) is 14.1. The lowest BCUT2D eigenvalue weighted by molar-refractivity contribution is 0.285. The first-order valence-electron chi connectivity index (χ1n) is 7.73. The van der Waals surface area contributed by atoms with Crippen LogP contribution in [0, 0.1) is 42.6 Å². The van der Waals surface area contributed by atoms with Gasteiger partial charge in [0.05, 0.1) is 23.0 Å². The molecule has 7 heteroatoms. The Morgan fingerprint density at radius 3 is 2.35 bits per heavy atom. The summed E-state index contributed by atoms with van der Waals surface area (Å²) in [5, 5.41) is 13.3. The van der Waals surface area contributed by atoms with Crippen molar-refractivity contribution in [3.05, 3.63) is 76.4 Å². The number of rotatable bonds is 4. The summed E-state index contributed by atoms with van der Waals surface area (Å²) in [5.41, 5.74) is 3.42. The lowest BCUT2D eigenvalue weighted by Crippen LogP contribution is -2.03. The van der Waals surface area contributed by atoms with E-state index in [1.165, 1.54) is 0 Å². The fraction of sp³-hybridized carbons (Fsp3) is 0.158. The van der Waals surface area contributed by atoms with E-state index in [2.05, 4.69) is 5.10 Å². The van der Waals surface area contributed by atoms with Crippen molar-refractivity contribution in [1.82, 2.24) is 9.78 Å². The number of nitrogens with zero attached hydrogens (tertiary/aromatic N) is 3. The molecule has 132 valence electrons. The highest BCUT2D eigenvalue weighted by molar-refractivity contribution is 5.41. The van der Waals surface area contributed by atoms with Crippen molar-refractivity contribution in [3.8, 4) is 17.5 Å². The van der Waals surface area contributed by atoms with Gasteiger partial charge in [0.2, 0.25) is 0 Å². The largest absolute Gasteiger partial charge is 0.486 e. The van der Waals surface area contributed by atoms with Crippen molar-refractivity contribution in [1.29, 1.82) is 5.26 Å². The number of halogens is 3. The minimum atomic E-state index is -1.27. The van der Waals surface area contributed by atoms with Gasteiger partial charge in [-0.25, -0.2) is 17.9 Å². The topological polar surface area (TPSA) is 50.8 Å². The van der Waals surface area contributed by atoms with Crippen LogP contribution in [0.15, 0.2) is 36.4 Å². The summed E-state index contributed by atoms with van der Waals surface area (Å²) in [6.45, 7) is 3.54. The van der Waals surface area contributed by atoms with Gasteiger partial charge in [-0.15, -0.1) is 0 Å². The smallest absolute Gasteiger partial charge is 0.168 e. The second kappa shape index (κ2) is 6.92. The summed E-state index contributed by atoms with van der Waals surface area (Å²) in [6.07, 6.45) is 0. The highest BCUT2D eigenvalue weighted by atomic mass is 19.2. The summed E-state index contributed by atoms with van der Waals surface area (Å²) in [5.74, 6) is -3.79. The molecule has 0 N–H and O–H groups in total. The number of ether oxygens (including phenoxy) is 1. The minimum absolute atomic E-state index is 0.0457. The fourth-order valence-electron chi connectivity index (χ4n) is 2.58. The molecule has 0 unspecified atom stereocenters. The second-order valence-electron chi connectivity index (χ2n) is 5.71. The van der Waals surface area contributed by atoms with E-state index in [9.17, 15) is 13.2 Å². The molecule has 0 saturated carbocycles. The zero-order chi connectivity index (χ0) is 18.8. The second-order valence-corrected chi connectivity index (χ2v) is 5.71. The SMILES string of the molecule is Cc1nn(-c2ccc(C#N)cc2)c(C)c1COc1cc(F)c(F)cc1F. The molecular formula is C19H14F3N3O. The molecule has 0 aliphatic carbocycles. The third-order valence-corrected chi connectivity index (χ3v) is 4.03. The quantitative estimate of drug-likeness (QED) is 0.652. The minimum Gasteiger partial charge on any atom is -0.486 e. The number of hydrogen-bond acceptors (Lipinski definition) is 3. The zero-order valence-corrected chi connectivity index (χ0v) is 14.1. The molecule has 3 aromatic rings. The van der Waals surface area contributed by atoms with Gasteiger partial charge in [0.25, 0.3) is 0 Å². The van der Waals surface area contributed by atoms with E-state index in [4.69, 9.17) is 10.00 Å². The predicted octanol–water partition coefficient (Wildman–Crippen LogP) is 4.36. The molecule has 0 radical (unpaired) electrons. The Morgan fingerprint density at radius 1 is 1.04 bits per heavy atom. The average molecular weight is 357 g/mol. The van der Waals surface area contributed by atoms with Gasteiger partial charge in [-0.1, -0.05) is 0 Å². The van der Waals surface area contributed by atoms with Crippen LogP contribution in [0.5, 0.6) is 5.75 Å². The van der Waals surface area contributed by atoms with Gasteiger partial charge in [-0.05, 0) is 38.1 Å². The molecule has 0 amide bonds. The molecule has 4 nitrogen and oxygen atoms in total. The third kappa shape index (κ3) is 3.26. The first kappa shape index (κ1) is 17.5. The van der Waals surface area contributed by atoms with E-state index in [-0.39, 0.29) is 12.4 Å². The molecule has 0 fully saturated rings. The number of nitriles is 1. The van der Waals surface area contributed by atoms with E-state index >= 15 is 0 Å². The molecule has 2 aromatic carbocycles. The Bertz CT molecular complexity index is 1000. The summed E-state index contributed by atoms with van der Waals surface area (Å²) < 4.78 is 47.0. The van der Waals surface area contributed by atoms with Crippen LogP contribution >= 0.6 is 0 Å². The lowest BCUT2D eigenvalue weighted by atomic mass is 10.2. The molecule has 0 spiro atoms. The van der Waals surface area contributed by atoms with Gasteiger partial charge < -0.3 is 4.74 Å². The van der Waals surface area contributed by atoms with E-state index in [0.717, 1.165) is 11.4 Å². The Balaban J connectivity index is 1.86. The monoisotopic (exact) mass is 357 g/mol. The normalized spacial score (nSPS) is 10.6. The number of benzene rings is 2. The van der Waals surface area contributed by atoms with Crippen LogP contribution in [0.4, 0.5) is 13.2 Å². The number of aromatic nitrogens is 2. The highest BCUT2D eigenvalue weighted by Gasteiger charge is 2.16. The van der Waals surface area contributed by atoms with Crippen molar-refractivity contribution in [3.63, 3.8) is 0 Å². The van der Waals surface area contributed by atoms with E-state index in [0.29, 0.717) is 29.0 Å². The molecule has 1 heterocycles. The van der Waals surface area contributed by atoms with Gasteiger partial charge in [0, 0.05) is 23.4 Å². The Hall–Kier alpha value is -3.27. The third-order valence-electron chi connectivity index (χ3n) is 4.03. The van der Waals surface area contributed by atoms with E-state index in [1.54, 1.807) is 35.9 Å². The molecule has 0 aliphatic heterocycles. The van der Waals surface area contributed by atoms with Crippen molar-refractivity contribution >= 4 is 0 Å². The van der Waals surface area contributed by atoms with Crippen LogP contribution in [0.2, 0.25) is 0 Å². The number of aryl methyl sites for hydroxylation is 1. The van der Waals surface area contributed by atoms with Crippen molar-refractivity contribution in [2.75, 3.05) is 0 Å². The maximum Gasteiger partial charge on any atom is 0.168 e. The van der Waals surface area contributed by atoms with E-state index in [1.807, 2.05) is 13.0 Å². The van der Waals surface area contributed by atoms with Crippen LogP contribution < -0.4 is 4.74 Å². The Kier molecular flexibility index (Phi) is 4.67. The number of hydrogen-bond donors (Lipinski definition) is 0. The Labute approximate surface area is 148 Å². The highest BCUT2D eigenvalue weighted by Crippen LogP contribution is 2.24. The van der Waals surface area contributed by atoms with Gasteiger partial charge in [0.1, 0.15) is 6.61 Å². The first-order chi connectivity index (χ1) is 12.4. The summed E-state index contributed by atoms with van der Waals surface area (Å²) in [7, 11) is 0. The van der Waals surface area contributed by atoms with Crippen LogP contribution in [-0.2, 0) is 6.61 Å². The lowest BCUT2D eigenvalue weighted by Gasteiger charge is -2.09. The standard InChI is InChI=1S/C19H14F3N3O/c1-11-15(10-26-19-8-17(21)16(20)7-18(19)22)12(2)25(24-11)14-5-3-13(9-23)4-6-14/h3-8H,10H2,1-2H3. The molecule has 0 saturated heterocycles. The average Bonchev–Trinajstić information content (AvgIpc) is 2.91. The molecule has 0 aliphatic rings. The van der Waals surface area contributed by atoms with Gasteiger partial charge in [-0.3, -0.25) is 0 Å². The first-order valence-corrected chi connectivity index (χ1v) is 7.73. The molecule has 26 heavy (non-hydrogen) atoms. The van der Waals surface area contributed by atoms with Crippen LogP contribution in [0.25, 0.3) is 5.69 Å². The fourth-order valence-corrected chi connectivity index (χ4v) is 2.58. The summed E-state index contributed by atoms with van der Waals surface area (Å²) >= 11 is 0. The maximum atomic E-state index is 13.7.